The third-order valence-corrected chi connectivity index (χ3v) is 4.02. The molecule has 0 bridgehead atoms. The van der Waals surface area contributed by atoms with Gasteiger partial charge in [-0.15, -0.1) is 0 Å². The minimum absolute atomic E-state index is 0.433. The fourth-order valence-electron chi connectivity index (χ4n) is 1.68. The fourth-order valence-corrected chi connectivity index (χ4v) is 2.52. The highest BCUT2D eigenvalue weighted by molar-refractivity contribution is 6.42. The number of rotatable bonds is 2. The van der Waals surface area contributed by atoms with Gasteiger partial charge in [-0.25, -0.2) is 0 Å². The molecule has 94 valence electrons. The van der Waals surface area contributed by atoms with Crippen LogP contribution in [0.15, 0.2) is 36.4 Å². The Morgan fingerprint density at radius 3 is 2.28 bits per heavy atom. The number of nitrogens with two attached hydrogens (primary N) is 1. The summed E-state index contributed by atoms with van der Waals surface area (Å²) in [5, 5.41) is 2.01. The third-order valence-electron chi connectivity index (χ3n) is 2.61. The van der Waals surface area contributed by atoms with E-state index < -0.39 is 6.04 Å². The fraction of sp³-hybridized carbons (Fsp3) is 0.0769. The Morgan fingerprint density at radius 1 is 0.833 bits per heavy atom. The molecule has 18 heavy (non-hydrogen) atoms. The monoisotopic (exact) mass is 319 g/mol. The maximum atomic E-state index is 6.17. The SMILES string of the molecule is NC(c1cc(Cl)ccc1Cl)c1cccc(Cl)c1Cl. The van der Waals surface area contributed by atoms with Crippen molar-refractivity contribution >= 4 is 46.4 Å². The van der Waals surface area contributed by atoms with E-state index in [0.717, 1.165) is 0 Å². The number of hydrogen-bond donors (Lipinski definition) is 1. The molecule has 2 N–H and O–H groups in total. The van der Waals surface area contributed by atoms with E-state index in [9.17, 15) is 0 Å². The predicted octanol–water partition coefficient (Wildman–Crippen LogP) is 5.35. The van der Waals surface area contributed by atoms with Crippen LogP contribution in [0.5, 0.6) is 0 Å². The van der Waals surface area contributed by atoms with Gasteiger partial charge in [-0.1, -0.05) is 58.5 Å². The van der Waals surface area contributed by atoms with Gasteiger partial charge in [-0.2, -0.15) is 0 Å². The summed E-state index contributed by atoms with van der Waals surface area (Å²) < 4.78 is 0. The summed E-state index contributed by atoms with van der Waals surface area (Å²) in [5.74, 6) is 0. The zero-order valence-corrected chi connectivity index (χ0v) is 12.2. The Kier molecular flexibility index (Phi) is 4.41. The van der Waals surface area contributed by atoms with E-state index in [0.29, 0.717) is 31.2 Å². The number of hydrogen-bond acceptors (Lipinski definition) is 1. The molecule has 0 aliphatic carbocycles. The standard InChI is InChI=1S/C13H9Cl4N/c14-7-4-5-10(15)9(6-7)13(18)8-2-1-3-11(16)12(8)17/h1-6,13H,18H2. The molecule has 0 saturated heterocycles. The van der Waals surface area contributed by atoms with Crippen LogP contribution in [0.4, 0.5) is 0 Å². The van der Waals surface area contributed by atoms with Crippen molar-refractivity contribution in [3.05, 3.63) is 67.6 Å². The first-order chi connectivity index (χ1) is 8.50. The van der Waals surface area contributed by atoms with Crippen LogP contribution < -0.4 is 5.73 Å². The molecule has 0 saturated carbocycles. The van der Waals surface area contributed by atoms with Crippen LogP contribution in [0, 0.1) is 0 Å². The zero-order chi connectivity index (χ0) is 13.3. The quantitative estimate of drug-likeness (QED) is 0.793. The molecule has 0 spiro atoms. The van der Waals surface area contributed by atoms with E-state index in [-0.39, 0.29) is 0 Å². The van der Waals surface area contributed by atoms with E-state index in [1.165, 1.54) is 0 Å². The van der Waals surface area contributed by atoms with Crippen molar-refractivity contribution in [1.29, 1.82) is 0 Å². The second kappa shape index (κ2) is 5.68. The van der Waals surface area contributed by atoms with Gasteiger partial charge in [0.15, 0.2) is 0 Å². The van der Waals surface area contributed by atoms with Crippen LogP contribution in [-0.2, 0) is 0 Å². The van der Waals surface area contributed by atoms with Gasteiger partial charge in [-0.05, 0) is 35.4 Å². The predicted molar refractivity (Wildman–Crippen MR) is 79.0 cm³/mol. The molecule has 2 aromatic carbocycles. The summed E-state index contributed by atoms with van der Waals surface area (Å²) in [6.07, 6.45) is 0. The molecule has 0 aliphatic rings. The van der Waals surface area contributed by atoms with Crippen LogP contribution in [0.25, 0.3) is 0 Å². The molecule has 0 radical (unpaired) electrons. The van der Waals surface area contributed by atoms with E-state index in [1.807, 2.05) is 6.07 Å². The van der Waals surface area contributed by atoms with E-state index >= 15 is 0 Å². The Hall–Kier alpha value is -0.440. The summed E-state index contributed by atoms with van der Waals surface area (Å²) in [7, 11) is 0. The minimum Gasteiger partial charge on any atom is -0.320 e. The highest BCUT2D eigenvalue weighted by Gasteiger charge is 2.17. The van der Waals surface area contributed by atoms with E-state index in [1.54, 1.807) is 30.3 Å². The van der Waals surface area contributed by atoms with Crippen molar-refractivity contribution in [2.75, 3.05) is 0 Å². The lowest BCUT2D eigenvalue weighted by Crippen LogP contribution is -2.13. The molecule has 0 amide bonds. The normalized spacial score (nSPS) is 12.5. The molecular formula is C13H9Cl4N. The summed E-state index contributed by atoms with van der Waals surface area (Å²) in [6.45, 7) is 0. The first kappa shape index (κ1) is 14.0. The van der Waals surface area contributed by atoms with Gasteiger partial charge < -0.3 is 5.73 Å². The molecule has 0 heterocycles. The van der Waals surface area contributed by atoms with Crippen molar-refractivity contribution in [2.45, 2.75) is 6.04 Å². The highest BCUT2D eigenvalue weighted by Crippen LogP contribution is 2.35. The summed E-state index contributed by atoms with van der Waals surface area (Å²) in [5.41, 5.74) is 7.60. The second-order valence-corrected chi connectivity index (χ2v) is 5.42. The Balaban J connectivity index is 2.51. The molecule has 1 atom stereocenters. The molecule has 2 aromatic rings. The van der Waals surface area contributed by atoms with Crippen LogP contribution in [-0.4, -0.2) is 0 Å². The van der Waals surface area contributed by atoms with Crippen LogP contribution in [0.3, 0.4) is 0 Å². The van der Waals surface area contributed by atoms with Crippen LogP contribution >= 0.6 is 46.4 Å². The zero-order valence-electron chi connectivity index (χ0n) is 9.13. The Bertz CT molecular complexity index is 581. The van der Waals surface area contributed by atoms with Crippen molar-refractivity contribution in [2.24, 2.45) is 5.73 Å². The lowest BCUT2D eigenvalue weighted by atomic mass is 9.99. The molecule has 2 rings (SSSR count). The van der Waals surface area contributed by atoms with Crippen molar-refractivity contribution < 1.29 is 0 Å². The molecule has 0 fully saturated rings. The molecule has 0 aliphatic heterocycles. The van der Waals surface area contributed by atoms with Crippen molar-refractivity contribution in [3.63, 3.8) is 0 Å². The first-order valence-electron chi connectivity index (χ1n) is 5.15. The highest BCUT2D eigenvalue weighted by atomic mass is 35.5. The van der Waals surface area contributed by atoms with Crippen molar-refractivity contribution in [3.8, 4) is 0 Å². The smallest absolute Gasteiger partial charge is 0.0643 e. The molecule has 1 nitrogen and oxygen atoms in total. The molecule has 1 unspecified atom stereocenters. The average molecular weight is 321 g/mol. The maximum Gasteiger partial charge on any atom is 0.0643 e. The molecular weight excluding hydrogens is 312 g/mol. The van der Waals surface area contributed by atoms with Gasteiger partial charge in [0.2, 0.25) is 0 Å². The summed E-state index contributed by atoms with van der Waals surface area (Å²) in [4.78, 5) is 0. The molecule has 5 heteroatoms. The van der Waals surface area contributed by atoms with Gasteiger partial charge in [0.05, 0.1) is 16.1 Å². The number of halogens is 4. The maximum absolute atomic E-state index is 6.17. The van der Waals surface area contributed by atoms with E-state index in [4.69, 9.17) is 52.1 Å². The van der Waals surface area contributed by atoms with Gasteiger partial charge in [0.25, 0.3) is 0 Å². The van der Waals surface area contributed by atoms with Gasteiger partial charge >= 0.3 is 0 Å². The second-order valence-electron chi connectivity index (χ2n) is 3.79. The van der Waals surface area contributed by atoms with E-state index in [2.05, 4.69) is 0 Å². The summed E-state index contributed by atoms with van der Waals surface area (Å²) >= 11 is 24.2. The first-order valence-corrected chi connectivity index (χ1v) is 6.66. The lowest BCUT2D eigenvalue weighted by molar-refractivity contribution is 0.872. The van der Waals surface area contributed by atoms with Gasteiger partial charge in [-0.3, -0.25) is 0 Å². The Morgan fingerprint density at radius 2 is 1.56 bits per heavy atom. The largest absolute Gasteiger partial charge is 0.320 e. The summed E-state index contributed by atoms with van der Waals surface area (Å²) in [6, 6.07) is 9.99. The van der Waals surface area contributed by atoms with Gasteiger partial charge in [0.1, 0.15) is 0 Å². The Labute approximate surface area is 125 Å². The van der Waals surface area contributed by atoms with Crippen LogP contribution in [0.1, 0.15) is 17.2 Å². The van der Waals surface area contributed by atoms with Crippen LogP contribution in [0.2, 0.25) is 20.1 Å². The topological polar surface area (TPSA) is 26.0 Å². The number of benzene rings is 2. The minimum atomic E-state index is -0.470. The molecule has 0 aromatic heterocycles. The average Bonchev–Trinajstić information content (AvgIpc) is 2.35. The third kappa shape index (κ3) is 2.76. The lowest BCUT2D eigenvalue weighted by Gasteiger charge is -2.16. The van der Waals surface area contributed by atoms with Gasteiger partial charge in [0, 0.05) is 10.0 Å². The van der Waals surface area contributed by atoms with Crippen molar-refractivity contribution in [1.82, 2.24) is 0 Å².